The van der Waals surface area contributed by atoms with Crippen LogP contribution in [0, 0.1) is 5.92 Å². The van der Waals surface area contributed by atoms with Crippen LogP contribution in [0.5, 0.6) is 0 Å². The van der Waals surface area contributed by atoms with E-state index in [1.165, 1.54) is 18.4 Å². The molecule has 1 atom stereocenters. The van der Waals surface area contributed by atoms with Gasteiger partial charge in [0.1, 0.15) is 5.00 Å². The summed E-state index contributed by atoms with van der Waals surface area (Å²) in [4.78, 5) is 35.1. The third-order valence-corrected chi connectivity index (χ3v) is 4.68. The summed E-state index contributed by atoms with van der Waals surface area (Å²) in [7, 11) is 1.29. The van der Waals surface area contributed by atoms with Gasteiger partial charge in [-0.15, -0.1) is 11.3 Å². The molecule has 0 unspecified atom stereocenters. The minimum Gasteiger partial charge on any atom is -0.545 e. The summed E-state index contributed by atoms with van der Waals surface area (Å²) in [6.45, 7) is 2.14. The van der Waals surface area contributed by atoms with Gasteiger partial charge >= 0.3 is 5.97 Å². The van der Waals surface area contributed by atoms with Crippen molar-refractivity contribution in [3.05, 3.63) is 28.2 Å². The van der Waals surface area contributed by atoms with Gasteiger partial charge in [0.2, 0.25) is 5.91 Å². The lowest BCUT2D eigenvalue weighted by atomic mass is 9.88. The highest BCUT2D eigenvalue weighted by molar-refractivity contribution is 7.17. The van der Waals surface area contributed by atoms with Crippen LogP contribution in [0.2, 0.25) is 0 Å². The number of carbonyl (C=O) groups is 3. The SMILES string of the molecule is COC(=O)c1c(NC(=O)/C=C/C(=O)[O-])sc2c1CC[C@@H](C)C2. The quantitative estimate of drug-likeness (QED) is 0.656. The normalized spacial score (nSPS) is 17.1. The molecule has 118 valence electrons. The van der Waals surface area contributed by atoms with Gasteiger partial charge in [-0.05, 0) is 36.8 Å². The number of aliphatic carboxylic acids is 1. The largest absolute Gasteiger partial charge is 0.545 e. The highest BCUT2D eigenvalue weighted by Gasteiger charge is 2.28. The number of hydrogen-bond donors (Lipinski definition) is 1. The van der Waals surface area contributed by atoms with Crippen molar-refractivity contribution >= 4 is 34.2 Å². The Hall–Kier alpha value is -2.15. The first-order chi connectivity index (χ1) is 10.4. The fourth-order valence-corrected chi connectivity index (χ4v) is 3.86. The number of amides is 1. The molecule has 1 aromatic heterocycles. The third-order valence-electron chi connectivity index (χ3n) is 3.51. The van der Waals surface area contributed by atoms with Crippen LogP contribution in [0.1, 0.15) is 34.1 Å². The van der Waals surface area contributed by atoms with Crippen LogP contribution in [0.25, 0.3) is 0 Å². The molecule has 6 nitrogen and oxygen atoms in total. The molecular formula is C15H16NO5S-. The monoisotopic (exact) mass is 322 g/mol. The average Bonchev–Trinajstić information content (AvgIpc) is 2.81. The molecule has 0 saturated carbocycles. The van der Waals surface area contributed by atoms with Crippen molar-refractivity contribution in [2.24, 2.45) is 5.92 Å². The number of nitrogens with one attached hydrogen (secondary N) is 1. The summed E-state index contributed by atoms with van der Waals surface area (Å²) in [6.07, 6.45) is 4.10. The molecule has 1 heterocycles. The van der Waals surface area contributed by atoms with Crippen LogP contribution in [0.4, 0.5) is 5.00 Å². The number of carbonyl (C=O) groups excluding carboxylic acids is 3. The maximum atomic E-state index is 12.0. The number of methoxy groups -OCH3 is 1. The van der Waals surface area contributed by atoms with Crippen molar-refractivity contribution in [3.8, 4) is 0 Å². The molecule has 1 amide bonds. The number of anilines is 1. The summed E-state index contributed by atoms with van der Waals surface area (Å²) >= 11 is 1.34. The second-order valence-electron chi connectivity index (χ2n) is 5.19. The van der Waals surface area contributed by atoms with E-state index in [2.05, 4.69) is 12.2 Å². The topological polar surface area (TPSA) is 95.5 Å². The summed E-state index contributed by atoms with van der Waals surface area (Å²) < 4.78 is 4.80. The number of hydrogen-bond acceptors (Lipinski definition) is 6. The van der Waals surface area contributed by atoms with Crippen LogP contribution in [-0.2, 0) is 27.2 Å². The van der Waals surface area contributed by atoms with Gasteiger partial charge in [0.25, 0.3) is 0 Å². The second kappa shape index (κ2) is 6.74. The van der Waals surface area contributed by atoms with E-state index in [0.29, 0.717) is 22.6 Å². The van der Waals surface area contributed by atoms with E-state index >= 15 is 0 Å². The number of thiophene rings is 1. The van der Waals surface area contributed by atoms with Crippen molar-refractivity contribution in [1.29, 1.82) is 0 Å². The minimum absolute atomic E-state index is 0.379. The van der Waals surface area contributed by atoms with E-state index < -0.39 is 17.8 Å². The number of esters is 1. The van der Waals surface area contributed by atoms with Gasteiger partial charge in [0.15, 0.2) is 0 Å². The van der Waals surface area contributed by atoms with Crippen molar-refractivity contribution in [1.82, 2.24) is 0 Å². The van der Waals surface area contributed by atoms with Gasteiger partial charge in [-0.1, -0.05) is 6.92 Å². The van der Waals surface area contributed by atoms with Gasteiger partial charge < -0.3 is 20.0 Å². The Balaban J connectivity index is 2.32. The summed E-state index contributed by atoms with van der Waals surface area (Å²) in [6, 6.07) is 0. The Morgan fingerprint density at radius 2 is 2.09 bits per heavy atom. The maximum Gasteiger partial charge on any atom is 0.341 e. The Kier molecular flexibility index (Phi) is 4.97. The average molecular weight is 322 g/mol. The lowest BCUT2D eigenvalue weighted by Crippen LogP contribution is -2.20. The van der Waals surface area contributed by atoms with Crippen LogP contribution < -0.4 is 10.4 Å². The zero-order valence-corrected chi connectivity index (χ0v) is 13.1. The molecule has 0 aromatic carbocycles. The Morgan fingerprint density at radius 3 is 2.73 bits per heavy atom. The molecule has 0 bridgehead atoms. The standard InChI is InChI=1S/C15H17NO5S/c1-8-3-4-9-10(7-8)22-14(13(9)15(20)21-2)16-11(17)5-6-12(18)19/h5-6,8H,3-4,7H2,1-2H3,(H,16,17)(H,18,19)/p-1/b6-5+/t8-/m1/s1. The Labute approximate surface area is 131 Å². The predicted octanol–water partition coefficient (Wildman–Crippen LogP) is 0.904. The molecule has 2 rings (SSSR count). The third kappa shape index (κ3) is 3.54. The summed E-state index contributed by atoms with van der Waals surface area (Å²) in [5.41, 5.74) is 1.30. The molecule has 0 fully saturated rings. The van der Waals surface area contributed by atoms with Gasteiger partial charge in [-0.3, -0.25) is 4.79 Å². The van der Waals surface area contributed by atoms with E-state index in [1.807, 2.05) is 0 Å². The van der Waals surface area contributed by atoms with Gasteiger partial charge in [-0.2, -0.15) is 0 Å². The number of ether oxygens (including phenoxy) is 1. The minimum atomic E-state index is -1.46. The molecule has 0 aliphatic heterocycles. The number of rotatable bonds is 4. The van der Waals surface area contributed by atoms with E-state index in [1.54, 1.807) is 0 Å². The number of fused-ring (bicyclic) bond motifs is 1. The molecule has 0 spiro atoms. The number of carboxylic acids is 1. The van der Waals surface area contributed by atoms with E-state index in [4.69, 9.17) is 4.74 Å². The van der Waals surface area contributed by atoms with Gasteiger partial charge in [0.05, 0.1) is 18.6 Å². The maximum absolute atomic E-state index is 12.0. The lowest BCUT2D eigenvalue weighted by Gasteiger charge is -2.18. The van der Waals surface area contributed by atoms with Crippen molar-refractivity contribution in [2.45, 2.75) is 26.2 Å². The summed E-state index contributed by atoms with van der Waals surface area (Å²) in [5.74, 6) is -2.05. The van der Waals surface area contributed by atoms with Crippen LogP contribution in [0.15, 0.2) is 12.2 Å². The highest BCUT2D eigenvalue weighted by Crippen LogP contribution is 2.39. The fraction of sp³-hybridized carbons (Fsp3) is 0.400. The molecular weight excluding hydrogens is 306 g/mol. The summed E-state index contributed by atoms with van der Waals surface area (Å²) in [5, 5.41) is 13.3. The van der Waals surface area contributed by atoms with Gasteiger partial charge in [0, 0.05) is 11.0 Å². The molecule has 1 N–H and O–H groups in total. The second-order valence-corrected chi connectivity index (χ2v) is 6.29. The Morgan fingerprint density at radius 1 is 1.36 bits per heavy atom. The zero-order chi connectivity index (χ0) is 16.3. The first-order valence-corrected chi connectivity index (χ1v) is 7.67. The van der Waals surface area contributed by atoms with Crippen LogP contribution in [0.3, 0.4) is 0 Å². The highest BCUT2D eigenvalue weighted by atomic mass is 32.1. The van der Waals surface area contributed by atoms with E-state index in [-0.39, 0.29) is 0 Å². The Bertz CT molecular complexity index is 647. The van der Waals surface area contributed by atoms with Gasteiger partial charge in [-0.25, -0.2) is 4.79 Å². The van der Waals surface area contributed by atoms with Crippen LogP contribution in [-0.4, -0.2) is 25.0 Å². The van der Waals surface area contributed by atoms with Crippen molar-refractivity contribution in [3.63, 3.8) is 0 Å². The van der Waals surface area contributed by atoms with Crippen LogP contribution >= 0.6 is 11.3 Å². The van der Waals surface area contributed by atoms with E-state index in [0.717, 1.165) is 35.8 Å². The molecule has 1 aromatic rings. The molecule has 0 radical (unpaired) electrons. The number of carboxylic acid groups (broad SMARTS) is 1. The molecule has 7 heteroatoms. The first kappa shape index (κ1) is 16.2. The smallest absolute Gasteiger partial charge is 0.341 e. The zero-order valence-electron chi connectivity index (χ0n) is 12.3. The predicted molar refractivity (Wildman–Crippen MR) is 79.6 cm³/mol. The first-order valence-electron chi connectivity index (χ1n) is 6.85. The van der Waals surface area contributed by atoms with Crippen molar-refractivity contribution < 1.29 is 24.2 Å². The molecule has 0 saturated heterocycles. The molecule has 1 aliphatic carbocycles. The van der Waals surface area contributed by atoms with E-state index in [9.17, 15) is 19.5 Å². The fourth-order valence-electron chi connectivity index (χ4n) is 2.45. The lowest BCUT2D eigenvalue weighted by molar-refractivity contribution is -0.297. The molecule has 22 heavy (non-hydrogen) atoms. The molecule has 1 aliphatic rings. The van der Waals surface area contributed by atoms with Crippen molar-refractivity contribution in [2.75, 3.05) is 12.4 Å².